The van der Waals surface area contributed by atoms with E-state index in [0.717, 1.165) is 44.8 Å². The lowest BCUT2D eigenvalue weighted by atomic mass is 10.1. The lowest BCUT2D eigenvalue weighted by Crippen LogP contribution is -2.44. The maximum Gasteiger partial charge on any atom is 0.273 e. The summed E-state index contributed by atoms with van der Waals surface area (Å²) in [6.07, 6.45) is 1.72. The van der Waals surface area contributed by atoms with Crippen molar-refractivity contribution in [3.8, 4) is 0 Å². The summed E-state index contributed by atoms with van der Waals surface area (Å²) >= 11 is 1.72. The van der Waals surface area contributed by atoms with Crippen LogP contribution in [0.1, 0.15) is 16.1 Å². The first-order valence-corrected chi connectivity index (χ1v) is 9.73. The van der Waals surface area contributed by atoms with E-state index in [9.17, 15) is 4.79 Å². The second-order valence-corrected chi connectivity index (χ2v) is 7.38. The van der Waals surface area contributed by atoms with E-state index < -0.39 is 0 Å². The van der Waals surface area contributed by atoms with Gasteiger partial charge in [-0.3, -0.25) is 14.4 Å². The van der Waals surface area contributed by atoms with Gasteiger partial charge in [-0.15, -0.1) is 16.4 Å². The van der Waals surface area contributed by atoms with E-state index in [2.05, 4.69) is 49.4 Å². The van der Waals surface area contributed by atoms with Crippen molar-refractivity contribution in [2.45, 2.75) is 13.1 Å². The molecule has 2 N–H and O–H groups in total. The predicted octanol–water partition coefficient (Wildman–Crippen LogP) is 1.33. The smallest absolute Gasteiger partial charge is 0.273 e. The molecule has 2 aromatic heterocycles. The molecule has 0 unspecified atom stereocenters. The van der Waals surface area contributed by atoms with Crippen molar-refractivity contribution >= 4 is 27.3 Å². The van der Waals surface area contributed by atoms with E-state index in [1.807, 2.05) is 6.07 Å². The molecular weight excluding hydrogens is 348 g/mol. The van der Waals surface area contributed by atoms with Gasteiger partial charge < -0.3 is 10.6 Å². The lowest BCUT2D eigenvalue weighted by molar-refractivity contribution is 0.0946. The minimum atomic E-state index is -0.191. The molecule has 3 heterocycles. The molecule has 0 atom stereocenters. The number of thiophene rings is 1. The number of carbonyl (C=O) groups excluding carboxylic acids is 1. The Morgan fingerprint density at radius 2 is 2.12 bits per heavy atom. The van der Waals surface area contributed by atoms with Gasteiger partial charge in [0, 0.05) is 44.0 Å². The Kier molecular flexibility index (Phi) is 5.24. The third-order valence-electron chi connectivity index (χ3n) is 4.60. The Labute approximate surface area is 156 Å². The standard InChI is InChI=1S/C18H22N6OS/c25-18(20-12-14-1-2-17-15(11-14)3-10-26-17)16-13-24(22-21-16)9-8-23-6-4-19-5-7-23/h1-3,10-11,13,19H,4-9,12H2,(H,20,25). The van der Waals surface area contributed by atoms with Crippen molar-refractivity contribution in [2.75, 3.05) is 32.7 Å². The van der Waals surface area contributed by atoms with Gasteiger partial charge in [-0.1, -0.05) is 11.3 Å². The van der Waals surface area contributed by atoms with Crippen molar-refractivity contribution in [1.29, 1.82) is 0 Å². The first kappa shape index (κ1) is 17.1. The molecule has 4 rings (SSSR count). The van der Waals surface area contributed by atoms with Gasteiger partial charge in [-0.25, -0.2) is 0 Å². The van der Waals surface area contributed by atoms with E-state index in [4.69, 9.17) is 0 Å². The summed E-state index contributed by atoms with van der Waals surface area (Å²) in [4.78, 5) is 14.7. The summed E-state index contributed by atoms with van der Waals surface area (Å²) in [5, 5.41) is 17.6. The lowest BCUT2D eigenvalue weighted by Gasteiger charge is -2.26. The highest BCUT2D eigenvalue weighted by Gasteiger charge is 2.13. The van der Waals surface area contributed by atoms with Gasteiger partial charge in [0.1, 0.15) is 0 Å². The van der Waals surface area contributed by atoms with Gasteiger partial charge >= 0.3 is 0 Å². The van der Waals surface area contributed by atoms with Crippen LogP contribution in [0, 0.1) is 0 Å². The van der Waals surface area contributed by atoms with Gasteiger partial charge in [-0.05, 0) is 34.5 Å². The molecule has 0 saturated carbocycles. The average Bonchev–Trinajstić information content (AvgIpc) is 3.34. The summed E-state index contributed by atoms with van der Waals surface area (Å²) in [5.74, 6) is -0.191. The van der Waals surface area contributed by atoms with E-state index in [1.165, 1.54) is 10.1 Å². The molecule has 0 radical (unpaired) electrons. The van der Waals surface area contributed by atoms with Gasteiger partial charge in [0.05, 0.1) is 12.7 Å². The molecule has 1 aliphatic heterocycles. The van der Waals surface area contributed by atoms with Gasteiger partial charge in [0.2, 0.25) is 0 Å². The summed E-state index contributed by atoms with van der Waals surface area (Å²) in [5.41, 5.74) is 1.44. The molecule has 0 aliphatic carbocycles. The molecule has 1 saturated heterocycles. The molecular formula is C18H22N6OS. The Bertz CT molecular complexity index is 883. The largest absolute Gasteiger partial charge is 0.347 e. The number of benzene rings is 1. The highest BCUT2D eigenvalue weighted by molar-refractivity contribution is 7.17. The van der Waals surface area contributed by atoms with Crippen molar-refractivity contribution in [1.82, 2.24) is 30.5 Å². The number of carbonyl (C=O) groups is 1. The Morgan fingerprint density at radius 1 is 1.23 bits per heavy atom. The average molecular weight is 370 g/mol. The van der Waals surface area contributed by atoms with Crippen molar-refractivity contribution in [3.63, 3.8) is 0 Å². The minimum absolute atomic E-state index is 0.191. The quantitative estimate of drug-likeness (QED) is 0.685. The second-order valence-electron chi connectivity index (χ2n) is 6.43. The number of fused-ring (bicyclic) bond motifs is 1. The van der Waals surface area contributed by atoms with Crippen LogP contribution in [0.5, 0.6) is 0 Å². The van der Waals surface area contributed by atoms with Crippen LogP contribution in [-0.4, -0.2) is 58.5 Å². The van der Waals surface area contributed by atoms with Crippen LogP contribution < -0.4 is 10.6 Å². The Balaban J connectivity index is 1.29. The summed E-state index contributed by atoms with van der Waals surface area (Å²) < 4.78 is 3.00. The second kappa shape index (κ2) is 7.94. The van der Waals surface area contributed by atoms with E-state index in [-0.39, 0.29) is 5.91 Å². The molecule has 0 spiro atoms. The minimum Gasteiger partial charge on any atom is -0.347 e. The highest BCUT2D eigenvalue weighted by atomic mass is 32.1. The third kappa shape index (κ3) is 4.09. The van der Waals surface area contributed by atoms with Crippen LogP contribution in [0.2, 0.25) is 0 Å². The van der Waals surface area contributed by atoms with Crippen LogP contribution in [0.25, 0.3) is 10.1 Å². The van der Waals surface area contributed by atoms with Crippen LogP contribution >= 0.6 is 11.3 Å². The number of hydrogen-bond donors (Lipinski definition) is 2. The predicted molar refractivity (Wildman–Crippen MR) is 102 cm³/mol. The normalized spacial score (nSPS) is 15.4. The van der Waals surface area contributed by atoms with Crippen LogP contribution in [0.4, 0.5) is 0 Å². The van der Waals surface area contributed by atoms with Crippen molar-refractivity contribution in [3.05, 3.63) is 47.1 Å². The summed E-state index contributed by atoms with van der Waals surface area (Å²) in [6, 6.07) is 8.34. The molecule has 26 heavy (non-hydrogen) atoms. The molecule has 136 valence electrons. The topological polar surface area (TPSA) is 75.1 Å². The summed E-state index contributed by atoms with van der Waals surface area (Å²) in [6.45, 7) is 6.32. The number of nitrogens with one attached hydrogen (secondary N) is 2. The SMILES string of the molecule is O=C(NCc1ccc2sccc2c1)c1cn(CCN2CCNCC2)nn1. The zero-order chi connectivity index (χ0) is 17.8. The zero-order valence-electron chi connectivity index (χ0n) is 14.5. The summed E-state index contributed by atoms with van der Waals surface area (Å²) in [7, 11) is 0. The molecule has 7 nitrogen and oxygen atoms in total. The number of rotatable bonds is 6. The van der Waals surface area contributed by atoms with Crippen LogP contribution in [0.3, 0.4) is 0 Å². The first-order chi connectivity index (χ1) is 12.8. The van der Waals surface area contributed by atoms with Crippen molar-refractivity contribution < 1.29 is 4.79 Å². The van der Waals surface area contributed by atoms with E-state index in [1.54, 1.807) is 22.2 Å². The fourth-order valence-corrected chi connectivity index (χ4v) is 3.86. The van der Waals surface area contributed by atoms with Crippen LogP contribution in [0.15, 0.2) is 35.8 Å². The number of nitrogens with zero attached hydrogens (tertiary/aromatic N) is 4. The molecule has 1 aromatic carbocycles. The molecule has 8 heteroatoms. The van der Waals surface area contributed by atoms with Gasteiger partial charge in [0.15, 0.2) is 5.69 Å². The molecule has 0 bridgehead atoms. The van der Waals surface area contributed by atoms with Gasteiger partial charge in [-0.2, -0.15) is 0 Å². The molecule has 3 aromatic rings. The van der Waals surface area contributed by atoms with Gasteiger partial charge in [0.25, 0.3) is 5.91 Å². The maximum atomic E-state index is 12.3. The molecule has 1 aliphatic rings. The van der Waals surface area contributed by atoms with E-state index in [0.29, 0.717) is 12.2 Å². The van der Waals surface area contributed by atoms with E-state index >= 15 is 0 Å². The zero-order valence-corrected chi connectivity index (χ0v) is 15.3. The highest BCUT2D eigenvalue weighted by Crippen LogP contribution is 2.21. The number of hydrogen-bond acceptors (Lipinski definition) is 6. The fraction of sp³-hybridized carbons (Fsp3) is 0.389. The number of piperazine rings is 1. The Morgan fingerprint density at radius 3 is 3.00 bits per heavy atom. The number of aromatic nitrogens is 3. The monoisotopic (exact) mass is 370 g/mol. The first-order valence-electron chi connectivity index (χ1n) is 8.85. The fourth-order valence-electron chi connectivity index (χ4n) is 3.09. The van der Waals surface area contributed by atoms with Crippen molar-refractivity contribution in [2.24, 2.45) is 0 Å². The molecule has 1 amide bonds. The van der Waals surface area contributed by atoms with Crippen LogP contribution in [-0.2, 0) is 13.1 Å². The third-order valence-corrected chi connectivity index (χ3v) is 5.49. The maximum absolute atomic E-state index is 12.3. The number of amides is 1. The Hall–Kier alpha value is -2.29. The molecule has 1 fully saturated rings.